The van der Waals surface area contributed by atoms with Crippen LogP contribution in [0.4, 0.5) is 0 Å². The van der Waals surface area contributed by atoms with Gasteiger partial charge in [0.2, 0.25) is 10.0 Å². The van der Waals surface area contributed by atoms with Gasteiger partial charge >= 0.3 is 0 Å². The van der Waals surface area contributed by atoms with Gasteiger partial charge in [0, 0.05) is 25.7 Å². The minimum absolute atomic E-state index is 0.0637. The van der Waals surface area contributed by atoms with E-state index in [0.717, 1.165) is 12.8 Å². The Balaban J connectivity index is 2.25. The summed E-state index contributed by atoms with van der Waals surface area (Å²) in [5.74, 6) is 0.260. The molecule has 0 aliphatic carbocycles. The highest BCUT2D eigenvalue weighted by Crippen LogP contribution is 2.27. The van der Waals surface area contributed by atoms with Gasteiger partial charge in [-0.3, -0.25) is 4.68 Å². The molecule has 1 aromatic rings. The normalized spacial score (nSPS) is 24.4. The van der Waals surface area contributed by atoms with Crippen molar-refractivity contribution in [1.82, 2.24) is 14.1 Å². The van der Waals surface area contributed by atoms with Crippen LogP contribution in [-0.2, 0) is 16.6 Å². The van der Waals surface area contributed by atoms with Gasteiger partial charge in [-0.05, 0) is 26.2 Å². The standard InChI is InChI=1S/C13H24N4O2S/c1-4-6-11-8-16(9-12(11)14)20(18,19)13-7-15-17(5-2)10(13)3/h7,11-12H,4-6,8-9,14H2,1-3H3/t11-,12-/m0/s1. The SMILES string of the molecule is CCC[C@H]1CN(S(=O)(=O)c2cnn(CC)c2C)C[C@@H]1N. The lowest BCUT2D eigenvalue weighted by atomic mass is 9.99. The highest BCUT2D eigenvalue weighted by molar-refractivity contribution is 7.89. The summed E-state index contributed by atoms with van der Waals surface area (Å²) in [5.41, 5.74) is 6.77. The van der Waals surface area contributed by atoms with Gasteiger partial charge in [-0.2, -0.15) is 9.40 Å². The van der Waals surface area contributed by atoms with Gasteiger partial charge in [-0.15, -0.1) is 0 Å². The van der Waals surface area contributed by atoms with Crippen LogP contribution in [0.2, 0.25) is 0 Å². The van der Waals surface area contributed by atoms with Crippen molar-refractivity contribution in [2.45, 2.75) is 51.1 Å². The lowest BCUT2D eigenvalue weighted by molar-refractivity contribution is 0.438. The Bertz CT molecular complexity index is 567. The van der Waals surface area contributed by atoms with Gasteiger partial charge in [0.25, 0.3) is 0 Å². The molecule has 2 rings (SSSR count). The Labute approximate surface area is 121 Å². The first-order valence-electron chi connectivity index (χ1n) is 7.19. The van der Waals surface area contributed by atoms with Crippen molar-refractivity contribution in [3.05, 3.63) is 11.9 Å². The van der Waals surface area contributed by atoms with E-state index in [0.29, 0.717) is 30.2 Å². The lowest BCUT2D eigenvalue weighted by Crippen LogP contribution is -2.32. The first-order valence-corrected chi connectivity index (χ1v) is 8.63. The van der Waals surface area contributed by atoms with Gasteiger partial charge in [0.1, 0.15) is 4.90 Å². The monoisotopic (exact) mass is 300 g/mol. The number of hydrogen-bond donors (Lipinski definition) is 1. The molecule has 2 atom stereocenters. The number of sulfonamides is 1. The van der Waals surface area contributed by atoms with Crippen LogP contribution in [0.25, 0.3) is 0 Å². The third-order valence-corrected chi connectivity index (χ3v) is 6.03. The highest BCUT2D eigenvalue weighted by Gasteiger charge is 2.38. The highest BCUT2D eigenvalue weighted by atomic mass is 32.2. The summed E-state index contributed by atoms with van der Waals surface area (Å²) < 4.78 is 28.6. The molecule has 0 bridgehead atoms. The molecular weight excluding hydrogens is 276 g/mol. The van der Waals surface area contributed by atoms with E-state index in [-0.39, 0.29) is 12.0 Å². The van der Waals surface area contributed by atoms with Crippen LogP contribution < -0.4 is 5.73 Å². The Morgan fingerprint density at radius 3 is 2.65 bits per heavy atom. The molecule has 114 valence electrons. The molecular formula is C13H24N4O2S. The van der Waals surface area contributed by atoms with E-state index in [2.05, 4.69) is 12.0 Å². The van der Waals surface area contributed by atoms with Crippen molar-refractivity contribution < 1.29 is 8.42 Å². The maximum Gasteiger partial charge on any atom is 0.246 e. The average molecular weight is 300 g/mol. The summed E-state index contributed by atoms with van der Waals surface area (Å²) in [5, 5.41) is 4.13. The van der Waals surface area contributed by atoms with Crippen LogP contribution in [0.15, 0.2) is 11.1 Å². The molecule has 2 N–H and O–H groups in total. The molecule has 2 heterocycles. The molecule has 20 heavy (non-hydrogen) atoms. The number of rotatable bonds is 5. The fourth-order valence-electron chi connectivity index (χ4n) is 2.87. The van der Waals surface area contributed by atoms with Gasteiger partial charge in [0.15, 0.2) is 0 Å². The van der Waals surface area contributed by atoms with E-state index in [1.807, 2.05) is 6.92 Å². The maximum absolute atomic E-state index is 12.7. The zero-order chi connectivity index (χ0) is 14.9. The number of nitrogens with zero attached hydrogens (tertiary/aromatic N) is 3. The van der Waals surface area contributed by atoms with Crippen LogP contribution in [0.5, 0.6) is 0 Å². The zero-order valence-corrected chi connectivity index (χ0v) is 13.2. The van der Waals surface area contributed by atoms with Gasteiger partial charge in [0.05, 0.1) is 11.9 Å². The molecule has 0 amide bonds. The second-order valence-electron chi connectivity index (χ2n) is 5.44. The predicted molar refractivity (Wildman–Crippen MR) is 77.8 cm³/mol. The fourth-order valence-corrected chi connectivity index (χ4v) is 4.56. The molecule has 1 aliphatic heterocycles. The largest absolute Gasteiger partial charge is 0.326 e. The van der Waals surface area contributed by atoms with E-state index >= 15 is 0 Å². The molecule has 0 aromatic carbocycles. The number of aromatic nitrogens is 2. The first kappa shape index (κ1) is 15.5. The summed E-state index contributed by atoms with van der Waals surface area (Å²) in [6.07, 6.45) is 3.45. The van der Waals surface area contributed by atoms with E-state index in [9.17, 15) is 8.42 Å². The average Bonchev–Trinajstić information content (AvgIpc) is 2.94. The van der Waals surface area contributed by atoms with E-state index in [4.69, 9.17) is 5.73 Å². The maximum atomic E-state index is 12.7. The van der Waals surface area contributed by atoms with Crippen molar-refractivity contribution in [3.63, 3.8) is 0 Å². The molecule has 6 nitrogen and oxygen atoms in total. The number of aryl methyl sites for hydroxylation is 1. The molecule has 0 radical (unpaired) electrons. The predicted octanol–water partition coefficient (Wildman–Crippen LogP) is 0.959. The summed E-state index contributed by atoms with van der Waals surface area (Å²) in [6, 6.07) is -0.0637. The Kier molecular flexibility index (Phi) is 4.51. The second kappa shape index (κ2) is 5.83. The van der Waals surface area contributed by atoms with Gasteiger partial charge in [-0.1, -0.05) is 13.3 Å². The third kappa shape index (κ3) is 2.62. The second-order valence-corrected chi connectivity index (χ2v) is 7.35. The van der Waals surface area contributed by atoms with Crippen LogP contribution in [0.1, 0.15) is 32.4 Å². The quantitative estimate of drug-likeness (QED) is 0.878. The summed E-state index contributed by atoms with van der Waals surface area (Å²) >= 11 is 0. The van der Waals surface area contributed by atoms with Crippen molar-refractivity contribution in [1.29, 1.82) is 0 Å². The van der Waals surface area contributed by atoms with E-state index < -0.39 is 10.0 Å². The summed E-state index contributed by atoms with van der Waals surface area (Å²) in [4.78, 5) is 0.309. The van der Waals surface area contributed by atoms with Gasteiger partial charge in [-0.25, -0.2) is 8.42 Å². The van der Waals surface area contributed by atoms with Crippen LogP contribution >= 0.6 is 0 Å². The Morgan fingerprint density at radius 2 is 2.10 bits per heavy atom. The van der Waals surface area contributed by atoms with Crippen molar-refractivity contribution in [2.75, 3.05) is 13.1 Å². The van der Waals surface area contributed by atoms with Crippen LogP contribution in [0.3, 0.4) is 0 Å². The Morgan fingerprint density at radius 1 is 1.40 bits per heavy atom. The van der Waals surface area contributed by atoms with Crippen LogP contribution in [-0.4, -0.2) is 41.6 Å². The smallest absolute Gasteiger partial charge is 0.246 e. The molecule has 1 aliphatic rings. The number of hydrogen-bond acceptors (Lipinski definition) is 4. The molecule has 0 saturated carbocycles. The molecule has 0 spiro atoms. The molecule has 1 saturated heterocycles. The van der Waals surface area contributed by atoms with E-state index in [1.54, 1.807) is 11.6 Å². The van der Waals surface area contributed by atoms with Crippen molar-refractivity contribution in [3.8, 4) is 0 Å². The van der Waals surface area contributed by atoms with Crippen molar-refractivity contribution >= 4 is 10.0 Å². The van der Waals surface area contributed by atoms with Gasteiger partial charge < -0.3 is 5.73 Å². The third-order valence-electron chi connectivity index (χ3n) is 4.09. The zero-order valence-electron chi connectivity index (χ0n) is 12.4. The lowest BCUT2D eigenvalue weighted by Gasteiger charge is -2.16. The fraction of sp³-hybridized carbons (Fsp3) is 0.769. The molecule has 0 unspecified atom stereocenters. The number of nitrogens with two attached hydrogens (primary N) is 1. The first-order chi connectivity index (χ1) is 9.41. The molecule has 1 aromatic heterocycles. The minimum Gasteiger partial charge on any atom is -0.326 e. The summed E-state index contributed by atoms with van der Waals surface area (Å²) in [6.45, 7) is 7.43. The Hall–Kier alpha value is -0.920. The van der Waals surface area contributed by atoms with Crippen molar-refractivity contribution in [2.24, 2.45) is 11.7 Å². The summed E-state index contributed by atoms with van der Waals surface area (Å²) in [7, 11) is -3.47. The van der Waals surface area contributed by atoms with E-state index in [1.165, 1.54) is 10.5 Å². The van der Waals surface area contributed by atoms with Crippen LogP contribution in [0, 0.1) is 12.8 Å². The molecule has 1 fully saturated rings. The topological polar surface area (TPSA) is 81.2 Å². The minimum atomic E-state index is -3.47. The molecule has 7 heteroatoms.